The molecule has 0 saturated heterocycles. The molecule has 1 aromatic rings. The van der Waals surface area contributed by atoms with Gasteiger partial charge in [-0.1, -0.05) is 0 Å². The van der Waals surface area contributed by atoms with Crippen molar-refractivity contribution >= 4 is 5.97 Å². The molecule has 88 valence electrons. The highest BCUT2D eigenvalue weighted by Gasteiger charge is 2.12. The third-order valence-electron chi connectivity index (χ3n) is 1.80. The van der Waals surface area contributed by atoms with Crippen LogP contribution >= 0.6 is 0 Å². The van der Waals surface area contributed by atoms with Crippen molar-refractivity contribution in [1.82, 2.24) is 0 Å². The number of carbonyl (C=O) groups is 1. The molecule has 0 saturated carbocycles. The fourth-order valence-corrected chi connectivity index (χ4v) is 1.15. The zero-order chi connectivity index (χ0) is 12.1. The summed E-state index contributed by atoms with van der Waals surface area (Å²) in [5, 5.41) is 8.74. The predicted molar refractivity (Wildman–Crippen MR) is 49.0 cm³/mol. The lowest BCUT2D eigenvalue weighted by Gasteiger charge is -2.07. The maximum absolute atomic E-state index is 12.8. The standard InChI is InChI=1S/C10H9F3O3/c11-7-1-2-8(10(14)15)6(3-7)4-16-5-9(12)13/h1-3,9H,4-5H2,(H,14,15). The first kappa shape index (κ1) is 12.5. The van der Waals surface area contributed by atoms with Crippen LogP contribution in [0.1, 0.15) is 15.9 Å². The van der Waals surface area contributed by atoms with Crippen LogP contribution in [0.2, 0.25) is 0 Å². The van der Waals surface area contributed by atoms with Crippen LogP contribution in [0.3, 0.4) is 0 Å². The van der Waals surface area contributed by atoms with Gasteiger partial charge in [-0.2, -0.15) is 0 Å². The van der Waals surface area contributed by atoms with Gasteiger partial charge >= 0.3 is 5.97 Å². The number of carboxylic acids is 1. The maximum Gasteiger partial charge on any atom is 0.336 e. The molecule has 0 unspecified atom stereocenters. The Labute approximate surface area is 89.5 Å². The summed E-state index contributed by atoms with van der Waals surface area (Å²) in [5.41, 5.74) is -0.121. The molecule has 0 fully saturated rings. The van der Waals surface area contributed by atoms with Gasteiger partial charge in [0.25, 0.3) is 6.43 Å². The van der Waals surface area contributed by atoms with Gasteiger partial charge in [0.2, 0.25) is 0 Å². The van der Waals surface area contributed by atoms with Gasteiger partial charge in [0.1, 0.15) is 12.4 Å². The highest BCUT2D eigenvalue weighted by Crippen LogP contribution is 2.13. The number of hydrogen-bond acceptors (Lipinski definition) is 2. The number of aromatic carboxylic acids is 1. The summed E-state index contributed by atoms with van der Waals surface area (Å²) < 4.78 is 40.9. The fourth-order valence-electron chi connectivity index (χ4n) is 1.15. The molecule has 1 aromatic carbocycles. The van der Waals surface area contributed by atoms with Crippen LogP contribution in [0.4, 0.5) is 13.2 Å². The second-order valence-corrected chi connectivity index (χ2v) is 3.01. The highest BCUT2D eigenvalue weighted by molar-refractivity contribution is 5.89. The van der Waals surface area contributed by atoms with E-state index in [4.69, 9.17) is 5.11 Å². The van der Waals surface area contributed by atoms with Gasteiger partial charge in [-0.3, -0.25) is 0 Å². The Hall–Kier alpha value is -1.56. The lowest BCUT2D eigenvalue weighted by Crippen LogP contribution is -2.08. The Balaban J connectivity index is 2.76. The number of ether oxygens (including phenoxy) is 1. The minimum absolute atomic E-state index is 0.0353. The van der Waals surface area contributed by atoms with Gasteiger partial charge in [-0.05, 0) is 23.8 Å². The van der Waals surface area contributed by atoms with E-state index in [1.54, 1.807) is 0 Å². The minimum Gasteiger partial charge on any atom is -0.478 e. The van der Waals surface area contributed by atoms with E-state index < -0.39 is 24.8 Å². The summed E-state index contributed by atoms with van der Waals surface area (Å²) in [4.78, 5) is 10.7. The zero-order valence-electron chi connectivity index (χ0n) is 8.12. The van der Waals surface area contributed by atoms with Crippen LogP contribution in [-0.4, -0.2) is 24.1 Å². The Morgan fingerprint density at radius 2 is 2.12 bits per heavy atom. The first-order valence-electron chi connectivity index (χ1n) is 4.38. The summed E-state index contributed by atoms with van der Waals surface area (Å²) in [6.07, 6.45) is -2.64. The lowest BCUT2D eigenvalue weighted by molar-refractivity contribution is 0.00949. The number of halogens is 3. The number of benzene rings is 1. The Kier molecular flexibility index (Phi) is 4.30. The molecule has 0 aliphatic carbocycles. The molecule has 0 aliphatic rings. The van der Waals surface area contributed by atoms with E-state index in [0.717, 1.165) is 18.2 Å². The van der Waals surface area contributed by atoms with Crippen molar-refractivity contribution in [1.29, 1.82) is 0 Å². The van der Waals surface area contributed by atoms with Crippen molar-refractivity contribution in [3.8, 4) is 0 Å². The smallest absolute Gasteiger partial charge is 0.336 e. The van der Waals surface area contributed by atoms with Crippen molar-refractivity contribution < 1.29 is 27.8 Å². The quantitative estimate of drug-likeness (QED) is 0.850. The van der Waals surface area contributed by atoms with E-state index in [1.807, 2.05) is 0 Å². The molecule has 0 bridgehead atoms. The van der Waals surface area contributed by atoms with Crippen LogP contribution in [-0.2, 0) is 11.3 Å². The van der Waals surface area contributed by atoms with Gasteiger partial charge in [0.15, 0.2) is 0 Å². The molecule has 3 nitrogen and oxygen atoms in total. The van der Waals surface area contributed by atoms with Crippen LogP contribution in [0.25, 0.3) is 0 Å². The molecule has 0 atom stereocenters. The normalized spacial score (nSPS) is 10.8. The SMILES string of the molecule is O=C(O)c1ccc(F)cc1COCC(F)F. The van der Waals surface area contributed by atoms with Gasteiger partial charge in [-0.25, -0.2) is 18.0 Å². The van der Waals surface area contributed by atoms with Crippen LogP contribution in [0.15, 0.2) is 18.2 Å². The maximum atomic E-state index is 12.8. The molecule has 16 heavy (non-hydrogen) atoms. The van der Waals surface area contributed by atoms with Crippen LogP contribution in [0.5, 0.6) is 0 Å². The summed E-state index contributed by atoms with van der Waals surface area (Å²) in [6.45, 7) is -1.17. The Morgan fingerprint density at radius 1 is 1.44 bits per heavy atom. The van der Waals surface area contributed by atoms with E-state index >= 15 is 0 Å². The Bertz CT molecular complexity index is 380. The molecule has 1 N–H and O–H groups in total. The second-order valence-electron chi connectivity index (χ2n) is 3.01. The molecular formula is C10H9F3O3. The molecule has 0 spiro atoms. The van der Waals surface area contributed by atoms with Crippen molar-refractivity contribution in [2.24, 2.45) is 0 Å². The van der Waals surface area contributed by atoms with E-state index in [2.05, 4.69) is 4.74 Å². The van der Waals surface area contributed by atoms with Gasteiger partial charge < -0.3 is 9.84 Å². The van der Waals surface area contributed by atoms with Crippen molar-refractivity contribution in [2.45, 2.75) is 13.0 Å². The number of carboxylic acid groups (broad SMARTS) is 1. The number of hydrogen-bond donors (Lipinski definition) is 1. The number of alkyl halides is 2. The molecule has 0 aliphatic heterocycles. The van der Waals surface area contributed by atoms with Crippen LogP contribution in [0, 0.1) is 5.82 Å². The molecular weight excluding hydrogens is 225 g/mol. The van der Waals surface area contributed by atoms with E-state index in [9.17, 15) is 18.0 Å². The average Bonchev–Trinajstić information content (AvgIpc) is 2.16. The predicted octanol–water partition coefficient (Wildman–Crippen LogP) is 2.31. The summed E-state index contributed by atoms with van der Waals surface area (Å²) >= 11 is 0. The van der Waals surface area contributed by atoms with Gasteiger partial charge in [0.05, 0.1) is 12.2 Å². The first-order chi connectivity index (χ1) is 7.50. The molecule has 0 radical (unpaired) electrons. The third kappa shape index (κ3) is 3.54. The molecule has 0 aromatic heterocycles. The lowest BCUT2D eigenvalue weighted by atomic mass is 10.1. The molecule has 0 heterocycles. The summed E-state index contributed by atoms with van der Waals surface area (Å²) in [5.74, 6) is -1.89. The van der Waals surface area contributed by atoms with E-state index in [-0.39, 0.29) is 17.7 Å². The van der Waals surface area contributed by atoms with Crippen molar-refractivity contribution in [3.63, 3.8) is 0 Å². The topological polar surface area (TPSA) is 46.5 Å². The van der Waals surface area contributed by atoms with Gasteiger partial charge in [-0.15, -0.1) is 0 Å². The fraction of sp³-hybridized carbons (Fsp3) is 0.300. The molecule has 1 rings (SSSR count). The van der Waals surface area contributed by atoms with E-state index in [0.29, 0.717) is 0 Å². The zero-order valence-corrected chi connectivity index (χ0v) is 8.12. The highest BCUT2D eigenvalue weighted by atomic mass is 19.3. The molecule has 0 amide bonds. The van der Waals surface area contributed by atoms with E-state index in [1.165, 1.54) is 0 Å². The minimum atomic E-state index is -2.64. The summed E-state index contributed by atoms with van der Waals surface area (Å²) in [7, 11) is 0. The Morgan fingerprint density at radius 3 is 2.69 bits per heavy atom. The second kappa shape index (κ2) is 5.50. The van der Waals surface area contributed by atoms with Crippen molar-refractivity contribution in [2.75, 3.05) is 6.61 Å². The van der Waals surface area contributed by atoms with Crippen LogP contribution < -0.4 is 0 Å². The molecule has 6 heteroatoms. The first-order valence-corrected chi connectivity index (χ1v) is 4.38. The largest absolute Gasteiger partial charge is 0.478 e. The third-order valence-corrected chi connectivity index (χ3v) is 1.80. The summed E-state index contributed by atoms with van der Waals surface area (Å²) in [6, 6.07) is 3.01. The van der Waals surface area contributed by atoms with Crippen molar-refractivity contribution in [3.05, 3.63) is 35.1 Å². The monoisotopic (exact) mass is 234 g/mol. The average molecular weight is 234 g/mol. The number of rotatable bonds is 5. The van der Waals surface area contributed by atoms with Gasteiger partial charge in [0, 0.05) is 0 Å².